The molecule has 0 unspecified atom stereocenters. The van der Waals surface area contributed by atoms with Crippen LogP contribution in [0.1, 0.15) is 54.9 Å². The molecule has 0 spiro atoms. The van der Waals surface area contributed by atoms with Crippen molar-refractivity contribution in [2.45, 2.75) is 54.9 Å². The van der Waals surface area contributed by atoms with Crippen molar-refractivity contribution in [1.29, 1.82) is 0 Å². The quantitative estimate of drug-likeness (QED) is 0.517. The Morgan fingerprint density at radius 3 is 2.00 bits per heavy atom. The van der Waals surface area contributed by atoms with Gasteiger partial charge in [-0.1, -0.05) is 53.5 Å². The minimum Gasteiger partial charge on any atom is -0.0991 e. The first-order chi connectivity index (χ1) is 5.88. The van der Waals surface area contributed by atoms with Crippen LogP contribution in [-0.2, 0) is 0 Å². The maximum absolute atomic E-state index is 3.69. The molecule has 0 heterocycles. The lowest BCUT2D eigenvalue weighted by Crippen LogP contribution is -1.75. The Morgan fingerprint density at radius 1 is 1.07 bits per heavy atom. The molecule has 14 heavy (non-hydrogen) atoms. The molecular formula is C14H28. The molecule has 0 nitrogen and oxygen atoms in total. The van der Waals surface area contributed by atoms with Gasteiger partial charge in [0, 0.05) is 0 Å². The van der Waals surface area contributed by atoms with E-state index in [1.807, 2.05) is 19.9 Å². The van der Waals surface area contributed by atoms with Crippen LogP contribution in [0.4, 0.5) is 0 Å². The van der Waals surface area contributed by atoms with Gasteiger partial charge in [-0.3, -0.25) is 0 Å². The van der Waals surface area contributed by atoms with Crippen LogP contribution in [-0.4, -0.2) is 0 Å². The van der Waals surface area contributed by atoms with Gasteiger partial charge >= 0.3 is 0 Å². The average Bonchev–Trinajstić information content (AvgIpc) is 2.56. The van der Waals surface area contributed by atoms with Gasteiger partial charge in [-0.15, -0.1) is 0 Å². The molecule has 0 aromatic heterocycles. The molecule has 0 aliphatic heterocycles. The van der Waals surface area contributed by atoms with Gasteiger partial charge in [-0.25, -0.2) is 0 Å². The summed E-state index contributed by atoms with van der Waals surface area (Å²) in [4.78, 5) is 0. The van der Waals surface area contributed by atoms with Crippen molar-refractivity contribution in [3.63, 3.8) is 0 Å². The van der Waals surface area contributed by atoms with Gasteiger partial charge in [0.05, 0.1) is 0 Å². The number of hydrogen-bond acceptors (Lipinski definition) is 0. The van der Waals surface area contributed by atoms with Crippen molar-refractivity contribution in [3.05, 3.63) is 36.0 Å². The van der Waals surface area contributed by atoms with Crippen molar-refractivity contribution < 1.29 is 0 Å². The van der Waals surface area contributed by atoms with E-state index < -0.39 is 0 Å². The van der Waals surface area contributed by atoms with E-state index in [9.17, 15) is 0 Å². The van der Waals surface area contributed by atoms with E-state index in [0.717, 1.165) is 0 Å². The highest BCUT2D eigenvalue weighted by atomic mass is 14.2. The van der Waals surface area contributed by atoms with E-state index in [0.29, 0.717) is 0 Å². The van der Waals surface area contributed by atoms with Crippen molar-refractivity contribution in [3.8, 4) is 0 Å². The van der Waals surface area contributed by atoms with Crippen molar-refractivity contribution in [2.75, 3.05) is 0 Å². The van der Waals surface area contributed by atoms with Crippen LogP contribution in [0.25, 0.3) is 0 Å². The van der Waals surface area contributed by atoms with Gasteiger partial charge in [-0.05, 0) is 37.3 Å². The van der Waals surface area contributed by atoms with E-state index in [2.05, 4.69) is 25.7 Å². The predicted molar refractivity (Wildman–Crippen MR) is 70.7 cm³/mol. The molecule has 0 bridgehead atoms. The van der Waals surface area contributed by atoms with Crippen LogP contribution in [0.15, 0.2) is 36.0 Å². The Hall–Kier alpha value is -0.780. The molecule has 1 rings (SSSR count). The lowest BCUT2D eigenvalue weighted by Gasteiger charge is -1.95. The van der Waals surface area contributed by atoms with Gasteiger partial charge in [0.25, 0.3) is 0 Å². The van der Waals surface area contributed by atoms with E-state index in [4.69, 9.17) is 0 Å². The van der Waals surface area contributed by atoms with Crippen LogP contribution in [0.3, 0.4) is 0 Å². The van der Waals surface area contributed by atoms with Gasteiger partial charge in [0.1, 0.15) is 0 Å². The minimum atomic E-state index is 0. The smallest absolute Gasteiger partial charge is 0.0273 e. The summed E-state index contributed by atoms with van der Waals surface area (Å²) < 4.78 is 0. The summed E-state index contributed by atoms with van der Waals surface area (Å²) in [5.74, 6) is 0. The molecule has 0 aromatic rings. The number of hydrogen-bond donors (Lipinski definition) is 0. The van der Waals surface area contributed by atoms with Gasteiger partial charge in [0.2, 0.25) is 0 Å². The summed E-state index contributed by atoms with van der Waals surface area (Å²) in [7, 11) is 0. The Labute approximate surface area is 91.4 Å². The Balaban J connectivity index is -0.000000284. The van der Waals surface area contributed by atoms with Crippen LogP contribution >= 0.6 is 0 Å². The molecule has 0 radical (unpaired) electrons. The first kappa shape index (κ1) is 18.9. The molecule has 0 N–H and O–H groups in total. The summed E-state index contributed by atoms with van der Waals surface area (Å²) in [6.45, 7) is 9.80. The normalized spacial score (nSPS) is 19.1. The van der Waals surface area contributed by atoms with E-state index in [1.54, 1.807) is 0 Å². The summed E-state index contributed by atoms with van der Waals surface area (Å²) in [5, 5.41) is 0. The first-order valence-electron chi connectivity index (χ1n) is 4.85. The van der Waals surface area contributed by atoms with Gasteiger partial charge < -0.3 is 0 Å². The van der Waals surface area contributed by atoms with Crippen molar-refractivity contribution in [2.24, 2.45) is 0 Å². The highest BCUT2D eigenvalue weighted by Gasteiger charge is 2.10. The molecule has 1 saturated carbocycles. The van der Waals surface area contributed by atoms with Crippen LogP contribution < -0.4 is 0 Å². The average molecular weight is 196 g/mol. The molecule has 0 amide bonds. The second-order valence-corrected chi connectivity index (χ2v) is 2.60. The summed E-state index contributed by atoms with van der Waals surface area (Å²) >= 11 is 0. The maximum Gasteiger partial charge on any atom is -0.0273 e. The zero-order chi connectivity index (χ0) is 9.40. The monoisotopic (exact) mass is 196 g/mol. The standard InChI is InChI=1S/C10H14.C2H6.2CH4/c1-3-6-10-8-5-7-9(10)4-2;1-2;;/h3-4,6H,1,5,7-8H2,2H3;1-2H3;2*1H4/b9-4-,10-6-;;;. The van der Waals surface area contributed by atoms with Crippen LogP contribution in [0.2, 0.25) is 0 Å². The maximum atomic E-state index is 3.69. The molecule has 84 valence electrons. The lowest BCUT2D eigenvalue weighted by molar-refractivity contribution is 0.932. The molecule has 0 aromatic carbocycles. The largest absolute Gasteiger partial charge is 0.0991 e. The number of allylic oxidation sites excluding steroid dienone is 5. The lowest BCUT2D eigenvalue weighted by atomic mass is 10.1. The van der Waals surface area contributed by atoms with Crippen molar-refractivity contribution >= 4 is 0 Å². The molecule has 1 fully saturated rings. The Bertz CT molecular complexity index is 182. The Morgan fingerprint density at radius 2 is 1.57 bits per heavy atom. The van der Waals surface area contributed by atoms with Crippen LogP contribution in [0, 0.1) is 0 Å². The third-order valence-electron chi connectivity index (χ3n) is 1.97. The molecule has 0 saturated heterocycles. The fourth-order valence-electron chi connectivity index (χ4n) is 1.45. The van der Waals surface area contributed by atoms with Crippen LogP contribution in [0.5, 0.6) is 0 Å². The van der Waals surface area contributed by atoms with E-state index in [-0.39, 0.29) is 14.9 Å². The minimum absolute atomic E-state index is 0. The summed E-state index contributed by atoms with van der Waals surface area (Å²) in [6, 6.07) is 0. The first-order valence-corrected chi connectivity index (χ1v) is 4.85. The fourth-order valence-corrected chi connectivity index (χ4v) is 1.45. The topological polar surface area (TPSA) is 0 Å². The zero-order valence-corrected chi connectivity index (χ0v) is 8.56. The molecule has 1 aliphatic carbocycles. The third-order valence-corrected chi connectivity index (χ3v) is 1.97. The molecular weight excluding hydrogens is 168 g/mol. The fraction of sp³-hybridized carbons (Fsp3) is 0.571. The van der Waals surface area contributed by atoms with E-state index in [1.165, 1.54) is 30.4 Å². The van der Waals surface area contributed by atoms with Gasteiger partial charge in [-0.2, -0.15) is 0 Å². The SMILES string of the molecule is C.C.C=C/C=C1/CCC/C1=C/C.CC. The summed E-state index contributed by atoms with van der Waals surface area (Å²) in [6.07, 6.45) is 10.0. The van der Waals surface area contributed by atoms with Gasteiger partial charge in [0.15, 0.2) is 0 Å². The highest BCUT2D eigenvalue weighted by Crippen LogP contribution is 2.29. The van der Waals surface area contributed by atoms with Crippen molar-refractivity contribution in [1.82, 2.24) is 0 Å². The Kier molecular flexibility index (Phi) is 16.5. The molecule has 0 heteroatoms. The molecule has 0 atom stereocenters. The second-order valence-electron chi connectivity index (χ2n) is 2.60. The third kappa shape index (κ3) is 5.80. The molecule has 1 aliphatic rings. The summed E-state index contributed by atoms with van der Waals surface area (Å²) in [5.41, 5.74) is 3.00. The zero-order valence-electron chi connectivity index (χ0n) is 8.56. The number of rotatable bonds is 1. The highest BCUT2D eigenvalue weighted by molar-refractivity contribution is 5.36. The second kappa shape index (κ2) is 12.2. The predicted octanol–water partition coefficient (Wildman–Crippen LogP) is 5.53. The van der Waals surface area contributed by atoms with E-state index >= 15 is 0 Å².